The van der Waals surface area contributed by atoms with Gasteiger partial charge in [0.1, 0.15) is 18.2 Å². The average molecular weight is 268 g/mol. The molecule has 0 amide bonds. The van der Waals surface area contributed by atoms with Gasteiger partial charge in [0.15, 0.2) is 0 Å². The third-order valence-electron chi connectivity index (χ3n) is 3.28. The van der Waals surface area contributed by atoms with Gasteiger partial charge in [0, 0.05) is 5.56 Å². The summed E-state index contributed by atoms with van der Waals surface area (Å²) in [4.78, 5) is 0. The highest BCUT2D eigenvalue weighted by molar-refractivity contribution is 5.95. The molecule has 0 unspecified atom stereocenters. The molecular formula is C17H20N2O. The summed E-state index contributed by atoms with van der Waals surface area (Å²) in [5.74, 6) is 0.955. The number of nitrogens with two attached hydrogens (primary N) is 1. The zero-order chi connectivity index (χ0) is 14.7. The normalized spacial score (nSPS) is 10.3. The van der Waals surface area contributed by atoms with Crippen LogP contribution in [-0.2, 0) is 6.61 Å². The molecular weight excluding hydrogens is 248 g/mol. The highest BCUT2D eigenvalue weighted by atomic mass is 16.5. The Morgan fingerprint density at radius 3 is 2.10 bits per heavy atom. The van der Waals surface area contributed by atoms with Crippen LogP contribution in [0.25, 0.3) is 0 Å². The lowest BCUT2D eigenvalue weighted by molar-refractivity contribution is 0.302. The van der Waals surface area contributed by atoms with Crippen LogP contribution in [0.2, 0.25) is 0 Å². The zero-order valence-electron chi connectivity index (χ0n) is 12.2. The van der Waals surface area contributed by atoms with Gasteiger partial charge in [-0.3, -0.25) is 5.41 Å². The van der Waals surface area contributed by atoms with Crippen LogP contribution in [0.15, 0.2) is 36.4 Å². The van der Waals surface area contributed by atoms with E-state index in [1.165, 1.54) is 5.56 Å². The largest absolute Gasteiger partial charge is 0.488 e. The Bertz CT molecular complexity index is 607. The van der Waals surface area contributed by atoms with E-state index in [0.717, 1.165) is 28.0 Å². The molecule has 3 heteroatoms. The second-order valence-corrected chi connectivity index (χ2v) is 5.13. The molecule has 3 nitrogen and oxygen atoms in total. The van der Waals surface area contributed by atoms with E-state index in [-0.39, 0.29) is 5.84 Å². The summed E-state index contributed by atoms with van der Waals surface area (Å²) in [6.45, 7) is 6.56. The average Bonchev–Trinajstić information content (AvgIpc) is 2.39. The first-order valence-electron chi connectivity index (χ1n) is 6.61. The Kier molecular flexibility index (Phi) is 4.08. The van der Waals surface area contributed by atoms with Crippen molar-refractivity contribution in [3.8, 4) is 5.75 Å². The molecule has 0 heterocycles. The van der Waals surface area contributed by atoms with Crippen LogP contribution < -0.4 is 10.5 Å². The predicted octanol–water partition coefficient (Wildman–Crippen LogP) is 3.47. The van der Waals surface area contributed by atoms with E-state index in [1.54, 1.807) is 0 Å². The Morgan fingerprint density at radius 2 is 1.60 bits per heavy atom. The van der Waals surface area contributed by atoms with Crippen LogP contribution in [0.5, 0.6) is 5.75 Å². The van der Waals surface area contributed by atoms with E-state index in [1.807, 2.05) is 26.0 Å². The number of nitrogens with one attached hydrogen (secondary N) is 1. The molecule has 0 spiro atoms. The second kappa shape index (κ2) is 5.78. The summed E-state index contributed by atoms with van der Waals surface area (Å²) < 4.78 is 5.92. The lowest BCUT2D eigenvalue weighted by atomic mass is 10.0. The zero-order valence-corrected chi connectivity index (χ0v) is 12.2. The molecule has 2 rings (SSSR count). The van der Waals surface area contributed by atoms with Gasteiger partial charge in [-0.05, 0) is 49.6 Å². The summed E-state index contributed by atoms with van der Waals surface area (Å²) in [5, 5.41) is 7.49. The molecule has 20 heavy (non-hydrogen) atoms. The van der Waals surface area contributed by atoms with Gasteiger partial charge < -0.3 is 10.5 Å². The fourth-order valence-corrected chi connectivity index (χ4v) is 2.17. The lowest BCUT2D eigenvalue weighted by Gasteiger charge is -2.14. The van der Waals surface area contributed by atoms with Crippen LogP contribution >= 0.6 is 0 Å². The number of aryl methyl sites for hydroxylation is 3. The Labute approximate surface area is 119 Å². The molecule has 0 aromatic heterocycles. The SMILES string of the molecule is Cc1ccc(COc2c(C)cc(C(=N)N)cc2C)cc1. The van der Waals surface area contributed by atoms with E-state index in [4.69, 9.17) is 15.9 Å². The molecule has 0 atom stereocenters. The summed E-state index contributed by atoms with van der Waals surface area (Å²) in [5.41, 5.74) is 10.7. The minimum Gasteiger partial charge on any atom is -0.488 e. The summed E-state index contributed by atoms with van der Waals surface area (Å²) in [6.07, 6.45) is 0. The Balaban J connectivity index is 2.17. The van der Waals surface area contributed by atoms with Crippen LogP contribution in [0.1, 0.15) is 27.8 Å². The number of hydrogen-bond acceptors (Lipinski definition) is 2. The number of amidine groups is 1. The first kappa shape index (κ1) is 14.1. The molecule has 2 aromatic carbocycles. The van der Waals surface area contributed by atoms with Crippen molar-refractivity contribution in [1.82, 2.24) is 0 Å². The van der Waals surface area contributed by atoms with Crippen molar-refractivity contribution in [2.75, 3.05) is 0 Å². The lowest BCUT2D eigenvalue weighted by Crippen LogP contribution is -2.12. The minimum atomic E-state index is 0.0845. The van der Waals surface area contributed by atoms with Gasteiger partial charge in [0.25, 0.3) is 0 Å². The summed E-state index contributed by atoms with van der Waals surface area (Å²) in [7, 11) is 0. The van der Waals surface area contributed by atoms with Gasteiger partial charge in [-0.2, -0.15) is 0 Å². The topological polar surface area (TPSA) is 59.1 Å². The standard InChI is InChI=1S/C17H20N2O/c1-11-4-6-14(7-5-11)10-20-16-12(2)8-15(17(18)19)9-13(16)3/h4-9H,10H2,1-3H3,(H3,18,19). The van der Waals surface area contributed by atoms with Gasteiger partial charge in [-0.15, -0.1) is 0 Å². The Morgan fingerprint density at radius 1 is 1.05 bits per heavy atom. The van der Waals surface area contributed by atoms with Crippen molar-refractivity contribution in [3.05, 3.63) is 64.2 Å². The smallest absolute Gasteiger partial charge is 0.125 e. The van der Waals surface area contributed by atoms with Gasteiger partial charge >= 0.3 is 0 Å². The number of benzene rings is 2. The van der Waals surface area contributed by atoms with E-state index < -0.39 is 0 Å². The quantitative estimate of drug-likeness (QED) is 0.659. The molecule has 0 bridgehead atoms. The fourth-order valence-electron chi connectivity index (χ4n) is 2.17. The van der Waals surface area contributed by atoms with Gasteiger partial charge in [-0.1, -0.05) is 29.8 Å². The van der Waals surface area contributed by atoms with Crippen LogP contribution in [0.3, 0.4) is 0 Å². The first-order chi connectivity index (χ1) is 9.47. The van der Waals surface area contributed by atoms with Gasteiger partial charge in [-0.25, -0.2) is 0 Å². The Hall–Kier alpha value is -2.29. The number of nitrogen functional groups attached to an aromatic ring is 1. The molecule has 0 fully saturated rings. The maximum Gasteiger partial charge on any atom is 0.125 e. The van der Waals surface area contributed by atoms with E-state index >= 15 is 0 Å². The monoisotopic (exact) mass is 268 g/mol. The van der Waals surface area contributed by atoms with Crippen molar-refractivity contribution in [2.45, 2.75) is 27.4 Å². The molecule has 2 aromatic rings. The molecule has 0 saturated carbocycles. The van der Waals surface area contributed by atoms with E-state index in [2.05, 4.69) is 31.2 Å². The van der Waals surface area contributed by atoms with Crippen molar-refractivity contribution in [1.29, 1.82) is 5.41 Å². The molecule has 104 valence electrons. The molecule has 0 aliphatic rings. The van der Waals surface area contributed by atoms with Crippen LogP contribution in [0, 0.1) is 26.2 Å². The number of rotatable bonds is 4. The second-order valence-electron chi connectivity index (χ2n) is 5.13. The van der Waals surface area contributed by atoms with Crippen LogP contribution in [-0.4, -0.2) is 5.84 Å². The van der Waals surface area contributed by atoms with Crippen molar-refractivity contribution >= 4 is 5.84 Å². The maximum absolute atomic E-state index is 7.49. The highest BCUT2D eigenvalue weighted by Crippen LogP contribution is 2.25. The molecule has 3 N–H and O–H groups in total. The van der Waals surface area contributed by atoms with Crippen LogP contribution in [0.4, 0.5) is 0 Å². The minimum absolute atomic E-state index is 0.0845. The summed E-state index contributed by atoms with van der Waals surface area (Å²) >= 11 is 0. The number of ether oxygens (including phenoxy) is 1. The van der Waals surface area contributed by atoms with Crippen molar-refractivity contribution in [3.63, 3.8) is 0 Å². The van der Waals surface area contributed by atoms with Gasteiger partial charge in [0.05, 0.1) is 0 Å². The third-order valence-corrected chi connectivity index (χ3v) is 3.28. The highest BCUT2D eigenvalue weighted by Gasteiger charge is 2.08. The molecule has 0 aliphatic carbocycles. The number of hydrogen-bond donors (Lipinski definition) is 2. The van der Waals surface area contributed by atoms with E-state index in [0.29, 0.717) is 6.61 Å². The molecule has 0 saturated heterocycles. The van der Waals surface area contributed by atoms with Crippen molar-refractivity contribution < 1.29 is 4.74 Å². The van der Waals surface area contributed by atoms with Crippen molar-refractivity contribution in [2.24, 2.45) is 5.73 Å². The third kappa shape index (κ3) is 3.18. The summed E-state index contributed by atoms with van der Waals surface area (Å²) in [6, 6.07) is 12.1. The van der Waals surface area contributed by atoms with E-state index in [9.17, 15) is 0 Å². The first-order valence-corrected chi connectivity index (χ1v) is 6.61. The predicted molar refractivity (Wildman–Crippen MR) is 82.4 cm³/mol. The molecule has 0 aliphatic heterocycles. The molecule has 0 radical (unpaired) electrons. The maximum atomic E-state index is 7.49. The fraction of sp³-hybridized carbons (Fsp3) is 0.235. The van der Waals surface area contributed by atoms with Gasteiger partial charge in [0.2, 0.25) is 0 Å².